The van der Waals surface area contributed by atoms with Gasteiger partial charge in [-0.1, -0.05) is 43.3 Å². The van der Waals surface area contributed by atoms with Crippen LogP contribution in [0.4, 0.5) is 5.82 Å². The maximum Gasteiger partial charge on any atom is 0.144 e. The molecular weight excluding hydrogens is 256 g/mol. The van der Waals surface area contributed by atoms with E-state index in [-0.39, 0.29) is 5.92 Å². The van der Waals surface area contributed by atoms with Crippen molar-refractivity contribution >= 4 is 17.6 Å². The number of benzene rings is 1. The van der Waals surface area contributed by atoms with Crippen LogP contribution in [-0.4, -0.2) is 9.97 Å². The number of nitrogen functional groups attached to an aromatic ring is 1. The molecule has 1 aromatic carbocycles. The molecule has 0 fully saturated rings. The number of hydrogen-bond acceptors (Lipinski definition) is 5. The summed E-state index contributed by atoms with van der Waals surface area (Å²) in [5.74, 6) is 7.16. The number of aromatic nitrogens is 2. The monoisotopic (exact) mass is 274 g/mol. The van der Waals surface area contributed by atoms with Crippen LogP contribution in [0.3, 0.4) is 0 Å². The van der Waals surface area contributed by atoms with E-state index in [0.717, 1.165) is 15.7 Å². The van der Waals surface area contributed by atoms with Gasteiger partial charge >= 0.3 is 0 Å². The third-order valence-corrected chi connectivity index (χ3v) is 3.55. The molecule has 1 heterocycles. The van der Waals surface area contributed by atoms with Crippen LogP contribution >= 0.6 is 11.8 Å². The van der Waals surface area contributed by atoms with Crippen molar-refractivity contribution in [2.45, 2.75) is 36.6 Å². The normalized spacial score (nSPS) is 10.8. The lowest BCUT2D eigenvalue weighted by Crippen LogP contribution is -2.11. The quantitative estimate of drug-likeness (QED) is 0.508. The van der Waals surface area contributed by atoms with E-state index in [9.17, 15) is 0 Å². The van der Waals surface area contributed by atoms with Crippen molar-refractivity contribution in [3.63, 3.8) is 0 Å². The van der Waals surface area contributed by atoms with E-state index in [0.29, 0.717) is 5.82 Å². The molecule has 0 aliphatic carbocycles. The molecule has 100 valence electrons. The van der Waals surface area contributed by atoms with Crippen molar-refractivity contribution in [3.05, 3.63) is 41.7 Å². The van der Waals surface area contributed by atoms with Gasteiger partial charge in [0.25, 0.3) is 0 Å². The third-order valence-electron chi connectivity index (χ3n) is 2.63. The number of hydrogen-bond donors (Lipinski definition) is 2. The maximum absolute atomic E-state index is 5.45. The van der Waals surface area contributed by atoms with Crippen LogP contribution in [0.2, 0.25) is 0 Å². The highest BCUT2D eigenvalue weighted by atomic mass is 32.2. The highest BCUT2D eigenvalue weighted by Crippen LogP contribution is 2.28. The van der Waals surface area contributed by atoms with E-state index in [1.54, 1.807) is 11.8 Å². The lowest BCUT2D eigenvalue weighted by molar-refractivity contribution is 0.754. The smallest absolute Gasteiger partial charge is 0.144 e. The number of rotatable bonds is 4. The summed E-state index contributed by atoms with van der Waals surface area (Å²) in [5, 5.41) is 0.899. The van der Waals surface area contributed by atoms with Gasteiger partial charge in [0, 0.05) is 16.9 Å². The minimum atomic E-state index is 0.269. The van der Waals surface area contributed by atoms with Gasteiger partial charge in [-0.3, -0.25) is 0 Å². The summed E-state index contributed by atoms with van der Waals surface area (Å²) < 4.78 is 0. The van der Waals surface area contributed by atoms with Gasteiger partial charge in [-0.05, 0) is 19.1 Å². The molecule has 0 saturated heterocycles. The Labute approximate surface area is 117 Å². The molecule has 2 rings (SSSR count). The molecule has 4 nitrogen and oxygen atoms in total. The van der Waals surface area contributed by atoms with Crippen molar-refractivity contribution in [2.24, 2.45) is 5.84 Å². The Morgan fingerprint density at radius 2 is 1.84 bits per heavy atom. The first-order chi connectivity index (χ1) is 9.08. The lowest BCUT2D eigenvalue weighted by Gasteiger charge is -2.09. The zero-order chi connectivity index (χ0) is 13.8. The highest BCUT2D eigenvalue weighted by molar-refractivity contribution is 7.99. The molecule has 0 aliphatic heterocycles. The molecule has 1 aromatic heterocycles. The second-order valence-electron chi connectivity index (χ2n) is 4.66. The Morgan fingerprint density at radius 1 is 1.16 bits per heavy atom. The van der Waals surface area contributed by atoms with Crippen LogP contribution in [0.1, 0.15) is 31.2 Å². The third kappa shape index (κ3) is 3.68. The summed E-state index contributed by atoms with van der Waals surface area (Å²) in [6.45, 7) is 6.21. The first-order valence-electron chi connectivity index (χ1n) is 6.18. The first-order valence-corrected chi connectivity index (χ1v) is 7.00. The van der Waals surface area contributed by atoms with Crippen LogP contribution in [0.15, 0.2) is 40.3 Å². The summed E-state index contributed by atoms with van der Waals surface area (Å²) in [7, 11) is 0. The second-order valence-corrected chi connectivity index (χ2v) is 5.76. The maximum atomic E-state index is 5.45. The topological polar surface area (TPSA) is 63.8 Å². The number of anilines is 1. The predicted octanol–water partition coefficient (Wildman–Crippen LogP) is 3.35. The van der Waals surface area contributed by atoms with Gasteiger partial charge in [0.2, 0.25) is 0 Å². The van der Waals surface area contributed by atoms with Crippen molar-refractivity contribution in [2.75, 3.05) is 5.43 Å². The molecule has 2 aromatic rings. The summed E-state index contributed by atoms with van der Waals surface area (Å²) in [6.07, 6.45) is 0. The molecule has 0 saturated carbocycles. The molecule has 0 spiro atoms. The summed E-state index contributed by atoms with van der Waals surface area (Å²) in [6, 6.07) is 10.2. The summed E-state index contributed by atoms with van der Waals surface area (Å²) in [5.41, 5.74) is 3.84. The molecule has 0 aliphatic rings. The Morgan fingerprint density at radius 3 is 2.42 bits per heavy atom. The number of nitrogens with one attached hydrogen (secondary N) is 1. The zero-order valence-electron chi connectivity index (χ0n) is 11.3. The average molecular weight is 274 g/mol. The van der Waals surface area contributed by atoms with E-state index in [1.807, 2.05) is 6.07 Å². The molecule has 0 unspecified atom stereocenters. The Balaban J connectivity index is 2.28. The average Bonchev–Trinajstić information content (AvgIpc) is 2.41. The number of aryl methyl sites for hydroxylation is 1. The van der Waals surface area contributed by atoms with E-state index in [4.69, 9.17) is 5.84 Å². The highest BCUT2D eigenvalue weighted by Gasteiger charge is 2.08. The van der Waals surface area contributed by atoms with E-state index < -0.39 is 0 Å². The predicted molar refractivity (Wildman–Crippen MR) is 79.2 cm³/mol. The molecule has 5 heteroatoms. The second kappa shape index (κ2) is 6.04. The fourth-order valence-corrected chi connectivity index (χ4v) is 2.38. The molecule has 0 atom stereocenters. The number of hydrazine groups is 1. The minimum Gasteiger partial charge on any atom is -0.308 e. The van der Waals surface area contributed by atoms with Crippen LogP contribution in [0.5, 0.6) is 0 Å². The van der Waals surface area contributed by atoms with Gasteiger partial charge in [-0.25, -0.2) is 15.8 Å². The van der Waals surface area contributed by atoms with Gasteiger partial charge in [-0.2, -0.15) is 0 Å². The molecule has 0 amide bonds. The Kier molecular flexibility index (Phi) is 4.39. The van der Waals surface area contributed by atoms with Crippen molar-refractivity contribution in [3.8, 4) is 0 Å². The SMILES string of the molecule is Cc1ccc(Sc2cc(NN)nc(C(C)C)n2)cc1. The van der Waals surface area contributed by atoms with Crippen LogP contribution in [0.25, 0.3) is 0 Å². The number of nitrogens with two attached hydrogens (primary N) is 1. The first kappa shape index (κ1) is 13.8. The largest absolute Gasteiger partial charge is 0.308 e. The van der Waals surface area contributed by atoms with Gasteiger partial charge < -0.3 is 5.43 Å². The summed E-state index contributed by atoms with van der Waals surface area (Å²) >= 11 is 1.61. The lowest BCUT2D eigenvalue weighted by atomic mass is 10.2. The van der Waals surface area contributed by atoms with Crippen LogP contribution in [0, 0.1) is 6.92 Å². The molecular formula is C14H18N4S. The van der Waals surface area contributed by atoms with Gasteiger partial charge in [0.05, 0.1) is 0 Å². The van der Waals surface area contributed by atoms with Crippen molar-refractivity contribution < 1.29 is 0 Å². The van der Waals surface area contributed by atoms with E-state index >= 15 is 0 Å². The van der Waals surface area contributed by atoms with E-state index in [1.165, 1.54) is 5.56 Å². The molecule has 0 radical (unpaired) electrons. The Bertz CT molecular complexity index is 552. The number of nitrogens with zero attached hydrogens (tertiary/aromatic N) is 2. The molecule has 0 bridgehead atoms. The van der Waals surface area contributed by atoms with Crippen molar-refractivity contribution in [1.29, 1.82) is 0 Å². The Hall–Kier alpha value is -1.59. The van der Waals surface area contributed by atoms with Gasteiger partial charge in [0.1, 0.15) is 16.7 Å². The molecule has 3 N–H and O–H groups in total. The van der Waals surface area contributed by atoms with E-state index in [2.05, 4.69) is 60.4 Å². The van der Waals surface area contributed by atoms with Crippen LogP contribution in [-0.2, 0) is 0 Å². The van der Waals surface area contributed by atoms with Gasteiger partial charge in [0.15, 0.2) is 0 Å². The zero-order valence-corrected chi connectivity index (χ0v) is 12.2. The van der Waals surface area contributed by atoms with Gasteiger partial charge in [-0.15, -0.1) is 0 Å². The fraction of sp³-hybridized carbons (Fsp3) is 0.286. The standard InChI is InChI=1S/C14H18N4S/c1-9(2)14-16-12(18-15)8-13(17-14)19-11-6-4-10(3)5-7-11/h4-9H,15H2,1-3H3,(H,16,17,18). The van der Waals surface area contributed by atoms with Crippen molar-refractivity contribution in [1.82, 2.24) is 9.97 Å². The van der Waals surface area contributed by atoms with Crippen LogP contribution < -0.4 is 11.3 Å². The fourth-order valence-electron chi connectivity index (χ4n) is 1.55. The summed E-state index contributed by atoms with van der Waals surface area (Å²) in [4.78, 5) is 10.1. The minimum absolute atomic E-state index is 0.269. The molecule has 19 heavy (non-hydrogen) atoms.